The molecule has 1 aromatic heterocycles. The van der Waals surface area contributed by atoms with Crippen molar-refractivity contribution in [1.82, 2.24) is 24.7 Å². The molecule has 8 heteroatoms. The van der Waals surface area contributed by atoms with Gasteiger partial charge in [-0.25, -0.2) is 4.68 Å². The average molecular weight is 398 g/mol. The third kappa shape index (κ3) is 3.53. The van der Waals surface area contributed by atoms with Crippen molar-refractivity contribution in [3.63, 3.8) is 0 Å². The van der Waals surface area contributed by atoms with Gasteiger partial charge in [0.05, 0.1) is 26.6 Å². The first-order valence-corrected chi connectivity index (χ1v) is 9.66. The summed E-state index contributed by atoms with van der Waals surface area (Å²) in [5.41, 5.74) is 2.07. The Kier molecular flexibility index (Phi) is 5.40. The summed E-state index contributed by atoms with van der Waals surface area (Å²) in [7, 11) is 3.35. The predicted molar refractivity (Wildman–Crippen MR) is 108 cm³/mol. The van der Waals surface area contributed by atoms with E-state index in [2.05, 4.69) is 21.4 Å². The molecule has 146 valence electrons. The van der Waals surface area contributed by atoms with Crippen LogP contribution in [-0.2, 0) is 6.67 Å². The van der Waals surface area contributed by atoms with Crippen molar-refractivity contribution in [2.75, 3.05) is 20.8 Å². The summed E-state index contributed by atoms with van der Waals surface area (Å²) in [5.74, 6) is 1.63. The van der Waals surface area contributed by atoms with Crippen LogP contribution < -0.4 is 9.47 Å². The zero-order valence-electron chi connectivity index (χ0n) is 16.0. The molecule has 4 rings (SSSR count). The van der Waals surface area contributed by atoms with Crippen LogP contribution in [-0.4, -0.2) is 45.5 Å². The molecule has 1 aliphatic rings. The van der Waals surface area contributed by atoms with Gasteiger partial charge in [-0.05, 0) is 53.7 Å². The summed E-state index contributed by atoms with van der Waals surface area (Å²) in [6.07, 6.45) is 2.17. The van der Waals surface area contributed by atoms with Crippen LogP contribution in [0.2, 0.25) is 0 Å². The molecular weight excluding hydrogens is 374 g/mol. The topological polar surface area (TPSA) is 57.3 Å². The number of benzene rings is 2. The molecule has 0 saturated carbocycles. The number of nitrogens with zero attached hydrogens (tertiary/aromatic N) is 5. The van der Waals surface area contributed by atoms with E-state index >= 15 is 0 Å². The highest BCUT2D eigenvalue weighted by molar-refractivity contribution is 7.71. The average Bonchev–Trinajstić information content (AvgIpc) is 3.35. The fraction of sp³-hybridized carbons (Fsp3) is 0.350. The number of aromatic nitrogens is 4. The van der Waals surface area contributed by atoms with E-state index in [9.17, 15) is 0 Å². The van der Waals surface area contributed by atoms with Gasteiger partial charge in [0, 0.05) is 24.2 Å². The van der Waals surface area contributed by atoms with Crippen molar-refractivity contribution in [2.24, 2.45) is 0 Å². The fourth-order valence-corrected chi connectivity index (χ4v) is 3.94. The van der Waals surface area contributed by atoms with E-state index in [1.54, 1.807) is 23.6 Å². The highest BCUT2D eigenvalue weighted by atomic mass is 32.1. The second-order valence-corrected chi connectivity index (χ2v) is 7.09. The molecule has 7 nitrogen and oxygen atoms in total. The number of methoxy groups -OCH3 is 2. The first-order valence-electron chi connectivity index (χ1n) is 9.25. The Hall–Kier alpha value is -2.71. The Labute approximate surface area is 169 Å². The highest BCUT2D eigenvalue weighted by Gasteiger charge is 2.29. The molecule has 1 aliphatic heterocycles. The third-order valence-corrected chi connectivity index (χ3v) is 5.50. The van der Waals surface area contributed by atoms with E-state index in [1.165, 1.54) is 0 Å². The van der Waals surface area contributed by atoms with E-state index in [1.807, 2.05) is 42.5 Å². The molecule has 1 atom stereocenters. The van der Waals surface area contributed by atoms with Gasteiger partial charge < -0.3 is 9.47 Å². The summed E-state index contributed by atoms with van der Waals surface area (Å²) in [5, 5.41) is 8.53. The third-order valence-electron chi connectivity index (χ3n) is 5.12. The molecule has 0 spiro atoms. The number of likely N-dealkylation sites (tertiary alicyclic amines) is 1. The Morgan fingerprint density at radius 3 is 2.64 bits per heavy atom. The lowest BCUT2D eigenvalue weighted by Gasteiger charge is -2.25. The molecule has 28 heavy (non-hydrogen) atoms. The van der Waals surface area contributed by atoms with Crippen LogP contribution >= 0.6 is 12.2 Å². The summed E-state index contributed by atoms with van der Waals surface area (Å²) in [6.45, 7) is 1.56. The van der Waals surface area contributed by atoms with Crippen molar-refractivity contribution < 1.29 is 9.47 Å². The molecule has 0 bridgehead atoms. The molecule has 0 unspecified atom stereocenters. The van der Waals surface area contributed by atoms with Gasteiger partial charge in [0.15, 0.2) is 0 Å². The van der Waals surface area contributed by atoms with Gasteiger partial charge in [-0.1, -0.05) is 24.3 Å². The first-order chi connectivity index (χ1) is 13.7. The van der Waals surface area contributed by atoms with Crippen molar-refractivity contribution in [2.45, 2.75) is 25.6 Å². The zero-order valence-corrected chi connectivity index (χ0v) is 16.8. The van der Waals surface area contributed by atoms with Crippen LogP contribution in [0.5, 0.6) is 11.5 Å². The smallest absolute Gasteiger partial charge is 0.221 e. The van der Waals surface area contributed by atoms with E-state index < -0.39 is 0 Å². The van der Waals surface area contributed by atoms with Crippen molar-refractivity contribution >= 4 is 12.2 Å². The first kappa shape index (κ1) is 18.6. The summed E-state index contributed by atoms with van der Waals surface area (Å²) in [6, 6.07) is 16.1. The molecule has 1 fully saturated rings. The molecule has 3 aromatic rings. The van der Waals surface area contributed by atoms with Gasteiger partial charge in [0.2, 0.25) is 4.77 Å². The quantitative estimate of drug-likeness (QED) is 0.592. The minimum atomic E-state index is 0.240. The fourth-order valence-electron chi connectivity index (χ4n) is 3.71. The highest BCUT2D eigenvalue weighted by Crippen LogP contribution is 2.38. The monoisotopic (exact) mass is 397 g/mol. The summed E-state index contributed by atoms with van der Waals surface area (Å²) in [4.78, 5) is 2.37. The van der Waals surface area contributed by atoms with Gasteiger partial charge in [0.25, 0.3) is 0 Å². The second kappa shape index (κ2) is 8.12. The van der Waals surface area contributed by atoms with Gasteiger partial charge in [-0.15, -0.1) is 0 Å². The minimum Gasteiger partial charge on any atom is -0.497 e. The number of para-hydroxylation sites is 1. The Morgan fingerprint density at radius 1 is 1.07 bits per heavy atom. The number of rotatable bonds is 6. The van der Waals surface area contributed by atoms with E-state index in [0.717, 1.165) is 42.1 Å². The van der Waals surface area contributed by atoms with Crippen molar-refractivity contribution in [3.8, 4) is 17.2 Å². The van der Waals surface area contributed by atoms with Crippen LogP contribution in [0.15, 0.2) is 48.5 Å². The SMILES string of the molecule is COc1ccc([C@H]2CCCN2Cn2nnn(-c3ccccc3)c2=S)c(OC)c1. The molecule has 0 radical (unpaired) electrons. The molecule has 2 aromatic carbocycles. The number of tetrazole rings is 1. The molecule has 1 saturated heterocycles. The Bertz CT molecular complexity index is 1000. The summed E-state index contributed by atoms with van der Waals surface area (Å²) < 4.78 is 15.0. The molecule has 0 aliphatic carbocycles. The number of hydrogen-bond donors (Lipinski definition) is 0. The van der Waals surface area contributed by atoms with Gasteiger partial charge in [-0.2, -0.15) is 4.68 Å². The second-order valence-electron chi connectivity index (χ2n) is 6.73. The molecule has 0 N–H and O–H groups in total. The normalized spacial score (nSPS) is 17.0. The van der Waals surface area contributed by atoms with E-state index in [0.29, 0.717) is 11.4 Å². The van der Waals surface area contributed by atoms with Crippen molar-refractivity contribution in [1.29, 1.82) is 0 Å². The van der Waals surface area contributed by atoms with Crippen LogP contribution in [0.4, 0.5) is 0 Å². The lowest BCUT2D eigenvalue weighted by Crippen LogP contribution is -2.27. The van der Waals surface area contributed by atoms with Crippen LogP contribution in [0.1, 0.15) is 24.4 Å². The van der Waals surface area contributed by atoms with Crippen molar-refractivity contribution in [3.05, 3.63) is 58.9 Å². The lowest BCUT2D eigenvalue weighted by molar-refractivity contribution is 0.185. The van der Waals surface area contributed by atoms with Crippen LogP contribution in [0.25, 0.3) is 5.69 Å². The molecule has 0 amide bonds. The standard InChI is InChI=1S/C20H23N5O2S/c1-26-16-10-11-17(19(13-16)27-2)18-9-6-12-23(18)14-24-20(28)25(22-21-24)15-7-4-3-5-8-15/h3-5,7-8,10-11,13,18H,6,9,12,14H2,1-2H3/t18-/m1/s1. The Balaban J connectivity index is 1.59. The molecular formula is C20H23N5O2S. The van der Waals surface area contributed by atoms with Gasteiger partial charge in [-0.3, -0.25) is 4.90 Å². The number of ether oxygens (including phenoxy) is 2. The maximum Gasteiger partial charge on any atom is 0.221 e. The van der Waals surface area contributed by atoms with Crippen LogP contribution in [0, 0.1) is 4.77 Å². The predicted octanol–water partition coefficient (Wildman–Crippen LogP) is 3.61. The maximum atomic E-state index is 5.62. The van der Waals surface area contributed by atoms with Gasteiger partial charge >= 0.3 is 0 Å². The Morgan fingerprint density at radius 2 is 1.89 bits per heavy atom. The zero-order chi connectivity index (χ0) is 19.5. The lowest BCUT2D eigenvalue weighted by atomic mass is 10.0. The van der Waals surface area contributed by atoms with E-state index in [-0.39, 0.29) is 6.04 Å². The van der Waals surface area contributed by atoms with E-state index in [4.69, 9.17) is 21.7 Å². The summed E-state index contributed by atoms with van der Waals surface area (Å²) >= 11 is 5.61. The van der Waals surface area contributed by atoms with Gasteiger partial charge in [0.1, 0.15) is 11.5 Å². The minimum absolute atomic E-state index is 0.240. The van der Waals surface area contributed by atoms with Crippen LogP contribution in [0.3, 0.4) is 0 Å². The number of hydrogen-bond acceptors (Lipinski definition) is 6. The largest absolute Gasteiger partial charge is 0.497 e. The maximum absolute atomic E-state index is 5.62. The molecule has 2 heterocycles.